The van der Waals surface area contributed by atoms with Crippen molar-refractivity contribution in [3.63, 3.8) is 0 Å². The van der Waals surface area contributed by atoms with Gasteiger partial charge in [0.15, 0.2) is 12.2 Å². The van der Waals surface area contributed by atoms with Gasteiger partial charge in [-0.25, -0.2) is 4.98 Å². The molecule has 0 aliphatic heterocycles. The van der Waals surface area contributed by atoms with E-state index in [0.29, 0.717) is 22.7 Å². The lowest BCUT2D eigenvalue weighted by atomic mass is 10.1. The average Bonchev–Trinajstić information content (AvgIpc) is 2.80. The van der Waals surface area contributed by atoms with E-state index >= 15 is 0 Å². The molecule has 0 saturated carbocycles. The molecule has 102 valence electrons. The lowest BCUT2D eigenvalue weighted by molar-refractivity contribution is 0.267. The fourth-order valence-electron chi connectivity index (χ4n) is 2.24. The first-order valence-corrected chi connectivity index (χ1v) is 6.47. The highest BCUT2D eigenvalue weighted by atomic mass is 16.5. The van der Waals surface area contributed by atoms with Gasteiger partial charge in [0, 0.05) is 0 Å². The van der Waals surface area contributed by atoms with Crippen molar-refractivity contribution in [3.8, 4) is 5.75 Å². The van der Waals surface area contributed by atoms with Gasteiger partial charge < -0.3 is 14.9 Å². The molecule has 0 unspecified atom stereocenters. The first-order chi connectivity index (χ1) is 9.61. The fraction of sp³-hybridized carbons (Fsp3) is 0.188. The summed E-state index contributed by atoms with van der Waals surface area (Å²) in [6, 6.07) is 11.6. The van der Waals surface area contributed by atoms with Crippen LogP contribution in [0.2, 0.25) is 0 Å². The quantitative estimate of drug-likeness (QED) is 0.737. The Kier molecular flexibility index (Phi) is 3.06. The maximum absolute atomic E-state index is 5.85. The number of anilines is 1. The standard InChI is InChI=1S/C16H16N2O2/c1-10-6-11(2)8-12(7-10)19-9-15-18-16-13(17)4-3-5-14(16)20-15/h3-8H,9,17H2,1-2H3. The molecule has 3 rings (SSSR count). The zero-order valence-corrected chi connectivity index (χ0v) is 11.5. The highest BCUT2D eigenvalue weighted by Gasteiger charge is 2.08. The van der Waals surface area contributed by atoms with E-state index in [-0.39, 0.29) is 6.61 Å². The van der Waals surface area contributed by atoms with E-state index in [1.54, 1.807) is 6.07 Å². The molecule has 0 bridgehead atoms. The Labute approximate surface area is 117 Å². The van der Waals surface area contributed by atoms with Crippen LogP contribution in [0.5, 0.6) is 5.75 Å². The minimum absolute atomic E-state index is 0.289. The van der Waals surface area contributed by atoms with Crippen LogP contribution < -0.4 is 10.5 Å². The van der Waals surface area contributed by atoms with Crippen molar-refractivity contribution in [2.24, 2.45) is 0 Å². The van der Waals surface area contributed by atoms with Crippen molar-refractivity contribution in [1.29, 1.82) is 0 Å². The van der Waals surface area contributed by atoms with Crippen LogP contribution in [0.25, 0.3) is 11.1 Å². The zero-order chi connectivity index (χ0) is 14.1. The number of aryl methyl sites for hydroxylation is 2. The molecule has 1 heterocycles. The molecular weight excluding hydrogens is 252 g/mol. The summed E-state index contributed by atoms with van der Waals surface area (Å²) in [5, 5.41) is 0. The number of hydrogen-bond donors (Lipinski definition) is 1. The Bertz CT molecular complexity index is 742. The Hall–Kier alpha value is -2.49. The topological polar surface area (TPSA) is 61.3 Å². The van der Waals surface area contributed by atoms with E-state index in [1.165, 1.54) is 11.1 Å². The van der Waals surface area contributed by atoms with Gasteiger partial charge in [-0.05, 0) is 49.2 Å². The number of oxazole rings is 1. The first-order valence-electron chi connectivity index (χ1n) is 6.47. The summed E-state index contributed by atoms with van der Waals surface area (Å²) in [4.78, 5) is 4.36. The maximum atomic E-state index is 5.85. The molecule has 4 heteroatoms. The van der Waals surface area contributed by atoms with Gasteiger partial charge >= 0.3 is 0 Å². The number of para-hydroxylation sites is 1. The third-order valence-electron chi connectivity index (χ3n) is 3.05. The summed E-state index contributed by atoms with van der Waals surface area (Å²) < 4.78 is 11.3. The van der Waals surface area contributed by atoms with Crippen molar-refractivity contribution in [3.05, 3.63) is 53.4 Å². The molecule has 4 nitrogen and oxygen atoms in total. The minimum Gasteiger partial charge on any atom is -0.484 e. The molecule has 0 aliphatic rings. The van der Waals surface area contributed by atoms with Crippen LogP contribution in [-0.2, 0) is 6.61 Å². The lowest BCUT2D eigenvalue weighted by Gasteiger charge is -2.05. The highest BCUT2D eigenvalue weighted by molar-refractivity contribution is 5.85. The monoisotopic (exact) mass is 268 g/mol. The van der Waals surface area contributed by atoms with Crippen LogP contribution in [0, 0.1) is 13.8 Å². The van der Waals surface area contributed by atoms with Gasteiger partial charge in [0.05, 0.1) is 5.69 Å². The number of hydrogen-bond acceptors (Lipinski definition) is 4. The van der Waals surface area contributed by atoms with Crippen LogP contribution in [0.4, 0.5) is 5.69 Å². The van der Waals surface area contributed by atoms with Crippen LogP contribution in [0.3, 0.4) is 0 Å². The lowest BCUT2D eigenvalue weighted by Crippen LogP contribution is -1.96. The van der Waals surface area contributed by atoms with E-state index in [4.69, 9.17) is 14.9 Å². The molecule has 0 atom stereocenters. The van der Waals surface area contributed by atoms with Gasteiger partial charge in [0.2, 0.25) is 5.89 Å². The van der Waals surface area contributed by atoms with Gasteiger partial charge in [-0.15, -0.1) is 0 Å². The third kappa shape index (κ3) is 2.45. The molecule has 20 heavy (non-hydrogen) atoms. The predicted octanol–water partition coefficient (Wildman–Crippen LogP) is 3.61. The molecule has 0 fully saturated rings. The van der Waals surface area contributed by atoms with Crippen molar-refractivity contribution >= 4 is 16.8 Å². The summed E-state index contributed by atoms with van der Waals surface area (Å²) in [5.74, 6) is 1.34. The molecule has 0 amide bonds. The van der Waals surface area contributed by atoms with Crippen LogP contribution in [-0.4, -0.2) is 4.98 Å². The predicted molar refractivity (Wildman–Crippen MR) is 78.7 cm³/mol. The Morgan fingerprint density at radius 2 is 1.90 bits per heavy atom. The largest absolute Gasteiger partial charge is 0.484 e. The number of fused-ring (bicyclic) bond motifs is 1. The number of nitrogens with two attached hydrogens (primary N) is 1. The molecule has 3 aromatic rings. The second kappa shape index (κ2) is 4.89. The van der Waals surface area contributed by atoms with Crippen molar-refractivity contribution < 1.29 is 9.15 Å². The molecule has 0 saturated heterocycles. The molecule has 0 aliphatic carbocycles. The number of nitrogens with zero attached hydrogens (tertiary/aromatic N) is 1. The van der Waals surface area contributed by atoms with Crippen LogP contribution >= 0.6 is 0 Å². The Balaban J connectivity index is 1.81. The number of aromatic nitrogens is 1. The molecule has 0 radical (unpaired) electrons. The zero-order valence-electron chi connectivity index (χ0n) is 11.5. The van der Waals surface area contributed by atoms with E-state index in [9.17, 15) is 0 Å². The second-order valence-corrected chi connectivity index (χ2v) is 4.91. The molecule has 0 spiro atoms. The fourth-order valence-corrected chi connectivity index (χ4v) is 2.24. The normalized spacial score (nSPS) is 10.9. The smallest absolute Gasteiger partial charge is 0.233 e. The number of benzene rings is 2. The van der Waals surface area contributed by atoms with Crippen molar-refractivity contribution in [2.75, 3.05) is 5.73 Å². The van der Waals surface area contributed by atoms with Crippen LogP contribution in [0.1, 0.15) is 17.0 Å². The summed E-state index contributed by atoms with van der Waals surface area (Å²) >= 11 is 0. The van der Waals surface area contributed by atoms with E-state index < -0.39 is 0 Å². The maximum Gasteiger partial charge on any atom is 0.233 e. The van der Waals surface area contributed by atoms with E-state index in [0.717, 1.165) is 5.75 Å². The molecule has 1 aromatic heterocycles. The van der Waals surface area contributed by atoms with Gasteiger partial charge in [0.1, 0.15) is 11.3 Å². The van der Waals surface area contributed by atoms with Crippen LogP contribution in [0.15, 0.2) is 40.8 Å². The van der Waals surface area contributed by atoms with Gasteiger partial charge in [-0.2, -0.15) is 0 Å². The highest BCUT2D eigenvalue weighted by Crippen LogP contribution is 2.22. The van der Waals surface area contributed by atoms with Crippen molar-refractivity contribution in [2.45, 2.75) is 20.5 Å². The summed E-state index contributed by atoms with van der Waals surface area (Å²) in [6.07, 6.45) is 0. The van der Waals surface area contributed by atoms with Gasteiger partial charge in [-0.3, -0.25) is 0 Å². The average molecular weight is 268 g/mol. The van der Waals surface area contributed by atoms with E-state index in [1.807, 2.05) is 38.1 Å². The Morgan fingerprint density at radius 1 is 1.15 bits per heavy atom. The SMILES string of the molecule is Cc1cc(C)cc(OCc2nc3c(N)cccc3o2)c1. The Morgan fingerprint density at radius 3 is 2.60 bits per heavy atom. The summed E-state index contributed by atoms with van der Waals surface area (Å²) in [5.41, 5.74) is 10.2. The summed E-state index contributed by atoms with van der Waals surface area (Å²) in [6.45, 7) is 4.37. The molecule has 2 aromatic carbocycles. The number of ether oxygens (including phenoxy) is 1. The molecule has 2 N–H and O–H groups in total. The minimum atomic E-state index is 0.289. The number of nitrogen functional groups attached to an aromatic ring is 1. The van der Waals surface area contributed by atoms with E-state index in [2.05, 4.69) is 11.1 Å². The second-order valence-electron chi connectivity index (χ2n) is 4.91. The number of rotatable bonds is 3. The van der Waals surface area contributed by atoms with Crippen molar-refractivity contribution in [1.82, 2.24) is 4.98 Å². The first kappa shape index (κ1) is 12.5. The third-order valence-corrected chi connectivity index (χ3v) is 3.05. The summed E-state index contributed by atoms with van der Waals surface area (Å²) in [7, 11) is 0. The van der Waals surface area contributed by atoms with Gasteiger partial charge in [0.25, 0.3) is 0 Å². The molecular formula is C16H16N2O2. The van der Waals surface area contributed by atoms with Gasteiger partial charge in [-0.1, -0.05) is 12.1 Å².